The van der Waals surface area contributed by atoms with E-state index in [-0.39, 0.29) is 17.0 Å². The van der Waals surface area contributed by atoms with Crippen LogP contribution in [0.25, 0.3) is 17.4 Å². The molecule has 0 saturated carbocycles. The maximum absolute atomic E-state index is 12.7. The molecular weight excluding hydrogens is 461 g/mol. The number of aromatic carboxylic acids is 1. The summed E-state index contributed by atoms with van der Waals surface area (Å²) in [5.41, 5.74) is 1.47. The maximum Gasteiger partial charge on any atom is 0.335 e. The molecule has 0 atom stereocenters. The molecule has 2 heterocycles. The van der Waals surface area contributed by atoms with E-state index < -0.39 is 17.1 Å². The van der Waals surface area contributed by atoms with E-state index in [9.17, 15) is 14.4 Å². The lowest BCUT2D eigenvalue weighted by atomic mass is 10.1. The van der Waals surface area contributed by atoms with Crippen LogP contribution in [0.2, 0.25) is 10.0 Å². The molecule has 1 fully saturated rings. The van der Waals surface area contributed by atoms with Crippen molar-refractivity contribution in [2.45, 2.75) is 6.54 Å². The number of imide groups is 1. The molecule has 1 aliphatic rings. The fourth-order valence-electron chi connectivity index (χ4n) is 2.95. The third kappa shape index (κ3) is 4.54. The summed E-state index contributed by atoms with van der Waals surface area (Å²) in [6, 6.07) is 14.5. The van der Waals surface area contributed by atoms with Crippen molar-refractivity contribution in [1.82, 2.24) is 4.90 Å². The van der Waals surface area contributed by atoms with Gasteiger partial charge in [-0.15, -0.1) is 0 Å². The first-order valence-corrected chi connectivity index (χ1v) is 10.5. The lowest BCUT2D eigenvalue weighted by Gasteiger charge is -2.13. The topological polar surface area (TPSA) is 87.8 Å². The van der Waals surface area contributed by atoms with Gasteiger partial charge in [0, 0.05) is 21.7 Å². The van der Waals surface area contributed by atoms with Crippen LogP contribution in [-0.4, -0.2) is 27.1 Å². The second-order valence-corrected chi connectivity index (χ2v) is 8.42. The number of hydrogen-bond donors (Lipinski definition) is 1. The van der Waals surface area contributed by atoms with Crippen LogP contribution in [0.1, 0.15) is 21.7 Å². The van der Waals surface area contributed by atoms with E-state index in [4.69, 9.17) is 32.7 Å². The Kier molecular flexibility index (Phi) is 5.91. The summed E-state index contributed by atoms with van der Waals surface area (Å²) in [6.45, 7) is 0.0390. The lowest BCUT2D eigenvalue weighted by molar-refractivity contribution is -0.123. The molecule has 1 saturated heterocycles. The molecule has 1 N–H and O–H groups in total. The molecular formula is C22H13Cl2NO5S. The Morgan fingerprint density at radius 2 is 1.81 bits per heavy atom. The van der Waals surface area contributed by atoms with E-state index in [1.807, 2.05) is 0 Å². The molecule has 0 radical (unpaired) electrons. The van der Waals surface area contributed by atoms with Gasteiger partial charge in [-0.05, 0) is 53.7 Å². The highest BCUT2D eigenvalue weighted by Crippen LogP contribution is 2.35. The van der Waals surface area contributed by atoms with Crippen LogP contribution in [0.5, 0.6) is 0 Å². The van der Waals surface area contributed by atoms with Crippen LogP contribution in [0, 0.1) is 0 Å². The summed E-state index contributed by atoms with van der Waals surface area (Å²) >= 11 is 12.9. The first-order chi connectivity index (χ1) is 14.8. The number of amides is 2. The summed E-state index contributed by atoms with van der Waals surface area (Å²) in [5, 5.41) is 9.43. The van der Waals surface area contributed by atoms with Gasteiger partial charge in [0.15, 0.2) is 0 Å². The average Bonchev–Trinajstić information content (AvgIpc) is 3.30. The minimum atomic E-state index is -1.01. The third-order valence-electron chi connectivity index (χ3n) is 4.53. The largest absolute Gasteiger partial charge is 0.478 e. The monoisotopic (exact) mass is 473 g/mol. The Balaban J connectivity index is 1.52. The van der Waals surface area contributed by atoms with Crippen molar-refractivity contribution in [3.8, 4) is 11.3 Å². The highest BCUT2D eigenvalue weighted by atomic mass is 35.5. The van der Waals surface area contributed by atoms with Crippen molar-refractivity contribution in [3.63, 3.8) is 0 Å². The number of halogens is 2. The van der Waals surface area contributed by atoms with Crippen molar-refractivity contribution in [2.24, 2.45) is 0 Å². The van der Waals surface area contributed by atoms with Crippen LogP contribution in [0.3, 0.4) is 0 Å². The third-order valence-corrected chi connectivity index (χ3v) is 6.03. The highest BCUT2D eigenvalue weighted by Gasteiger charge is 2.35. The normalized spacial score (nSPS) is 15.2. The summed E-state index contributed by atoms with van der Waals surface area (Å²) in [5.74, 6) is -0.547. The number of nitrogens with zero attached hydrogens (tertiary/aromatic N) is 1. The number of carbonyl (C=O) groups is 3. The number of carboxylic acid groups (broad SMARTS) is 1. The number of carbonyl (C=O) groups excluding carboxylic acids is 2. The lowest BCUT2D eigenvalue weighted by Crippen LogP contribution is -2.27. The van der Waals surface area contributed by atoms with Crippen molar-refractivity contribution in [2.75, 3.05) is 0 Å². The number of thioether (sulfide) groups is 1. The number of furan rings is 1. The van der Waals surface area contributed by atoms with Gasteiger partial charge in [-0.25, -0.2) is 4.79 Å². The zero-order valence-corrected chi connectivity index (χ0v) is 18.0. The summed E-state index contributed by atoms with van der Waals surface area (Å²) in [6.07, 6.45) is 1.50. The first kappa shape index (κ1) is 21.2. The number of benzene rings is 2. The van der Waals surface area contributed by atoms with Gasteiger partial charge in [-0.2, -0.15) is 0 Å². The minimum absolute atomic E-state index is 0.0390. The van der Waals surface area contributed by atoms with Crippen LogP contribution >= 0.6 is 35.0 Å². The molecule has 156 valence electrons. The molecule has 3 aromatic rings. The van der Waals surface area contributed by atoms with E-state index >= 15 is 0 Å². The van der Waals surface area contributed by atoms with Crippen LogP contribution < -0.4 is 0 Å². The van der Waals surface area contributed by atoms with Crippen LogP contribution in [0.4, 0.5) is 4.79 Å². The predicted octanol–water partition coefficient (Wildman–Crippen LogP) is 6.19. The Morgan fingerprint density at radius 3 is 2.48 bits per heavy atom. The van der Waals surface area contributed by atoms with Crippen LogP contribution in [-0.2, 0) is 11.3 Å². The Bertz CT molecular complexity index is 1230. The van der Waals surface area contributed by atoms with Gasteiger partial charge in [0.05, 0.1) is 17.0 Å². The molecule has 1 aliphatic heterocycles. The van der Waals surface area contributed by atoms with E-state index in [0.29, 0.717) is 32.7 Å². The second kappa shape index (κ2) is 8.63. The fourth-order valence-corrected chi connectivity index (χ4v) is 4.24. The molecule has 9 heteroatoms. The molecule has 4 rings (SSSR count). The van der Waals surface area contributed by atoms with Gasteiger partial charge in [-0.3, -0.25) is 14.5 Å². The Labute approximate surface area is 191 Å². The zero-order valence-electron chi connectivity index (χ0n) is 15.7. The molecule has 0 bridgehead atoms. The SMILES string of the molecule is O=C(O)c1ccc(-c2ccc(/C=C3\SC(=O)N(Cc4ccc(Cl)cc4Cl)C3=O)o2)cc1. The van der Waals surface area contributed by atoms with Gasteiger partial charge in [0.25, 0.3) is 11.1 Å². The van der Waals surface area contributed by atoms with E-state index in [1.165, 1.54) is 18.2 Å². The molecule has 2 aromatic carbocycles. The second-order valence-electron chi connectivity index (χ2n) is 6.59. The van der Waals surface area contributed by atoms with Crippen molar-refractivity contribution in [3.05, 3.63) is 86.4 Å². The Hall–Kier alpha value is -3.00. The maximum atomic E-state index is 12.7. The molecule has 0 aliphatic carbocycles. The van der Waals surface area contributed by atoms with Gasteiger partial charge >= 0.3 is 5.97 Å². The van der Waals surface area contributed by atoms with E-state index in [2.05, 4.69) is 0 Å². The quantitative estimate of drug-likeness (QED) is 0.444. The molecule has 31 heavy (non-hydrogen) atoms. The first-order valence-electron chi connectivity index (χ1n) is 8.94. The van der Waals surface area contributed by atoms with Crippen molar-refractivity contribution < 1.29 is 23.9 Å². The number of carboxylic acids is 1. The number of hydrogen-bond acceptors (Lipinski definition) is 5. The summed E-state index contributed by atoms with van der Waals surface area (Å²) in [4.78, 5) is 37.4. The highest BCUT2D eigenvalue weighted by molar-refractivity contribution is 8.18. The van der Waals surface area contributed by atoms with Gasteiger partial charge < -0.3 is 9.52 Å². The van der Waals surface area contributed by atoms with Crippen molar-refractivity contribution in [1.29, 1.82) is 0 Å². The average molecular weight is 474 g/mol. The molecule has 0 unspecified atom stereocenters. The smallest absolute Gasteiger partial charge is 0.335 e. The fraction of sp³-hybridized carbons (Fsp3) is 0.0455. The predicted molar refractivity (Wildman–Crippen MR) is 119 cm³/mol. The molecule has 1 aromatic heterocycles. The van der Waals surface area contributed by atoms with Crippen molar-refractivity contribution >= 4 is 58.2 Å². The van der Waals surface area contributed by atoms with Gasteiger partial charge in [0.1, 0.15) is 11.5 Å². The minimum Gasteiger partial charge on any atom is -0.478 e. The summed E-state index contributed by atoms with van der Waals surface area (Å²) in [7, 11) is 0. The standard InChI is InChI=1S/C22H13Cl2NO5S/c23-15-6-5-14(17(24)9-15)11-25-20(26)19(31-22(25)29)10-16-7-8-18(30-16)12-1-3-13(4-2-12)21(27)28/h1-10H,11H2,(H,27,28)/b19-10-. The van der Waals surface area contributed by atoms with E-state index in [0.717, 1.165) is 16.7 Å². The Morgan fingerprint density at radius 1 is 1.06 bits per heavy atom. The molecule has 0 spiro atoms. The van der Waals surface area contributed by atoms with E-state index in [1.54, 1.807) is 42.5 Å². The molecule has 2 amide bonds. The van der Waals surface area contributed by atoms with Gasteiger partial charge in [0.2, 0.25) is 0 Å². The zero-order chi connectivity index (χ0) is 22.1. The van der Waals surface area contributed by atoms with Gasteiger partial charge in [-0.1, -0.05) is 41.4 Å². The van der Waals surface area contributed by atoms with Crippen LogP contribution in [0.15, 0.2) is 63.9 Å². The number of rotatable bonds is 5. The molecule has 6 nitrogen and oxygen atoms in total. The summed E-state index contributed by atoms with van der Waals surface area (Å²) < 4.78 is 5.75.